The molecule has 2 nitrogen and oxygen atoms in total. The molecule has 0 fully saturated rings. The summed E-state index contributed by atoms with van der Waals surface area (Å²) in [6.07, 6.45) is 12.0. The second-order valence-electron chi connectivity index (χ2n) is 7.12. The lowest BCUT2D eigenvalue weighted by atomic mass is 10.0. The van der Waals surface area contributed by atoms with E-state index in [1.165, 1.54) is 16.7 Å². The van der Waals surface area contributed by atoms with Crippen LogP contribution in [0.15, 0.2) is 47.1 Å². The highest BCUT2D eigenvalue weighted by molar-refractivity contribution is 5.46. The molecular weight excluding hydrogens is 308 g/mol. The molecule has 138 valence electrons. The fourth-order valence-electron chi connectivity index (χ4n) is 2.71. The topological polar surface area (TPSA) is 29.5 Å². The maximum Gasteiger partial charge on any atom is 0.122 e. The van der Waals surface area contributed by atoms with Crippen LogP contribution in [0.3, 0.4) is 0 Å². The molecule has 1 aromatic rings. The molecule has 1 N–H and O–H groups in total. The number of hydrogen-bond acceptors (Lipinski definition) is 2. The van der Waals surface area contributed by atoms with Gasteiger partial charge in [-0.15, -0.1) is 0 Å². The van der Waals surface area contributed by atoms with Crippen molar-refractivity contribution in [3.05, 3.63) is 58.2 Å². The van der Waals surface area contributed by atoms with Crippen molar-refractivity contribution >= 4 is 0 Å². The van der Waals surface area contributed by atoms with Crippen molar-refractivity contribution in [1.29, 1.82) is 0 Å². The zero-order valence-corrected chi connectivity index (χ0v) is 16.8. The maximum atomic E-state index is 10.2. The van der Waals surface area contributed by atoms with Crippen molar-refractivity contribution < 1.29 is 9.84 Å². The summed E-state index contributed by atoms with van der Waals surface area (Å²) in [5.41, 5.74) is 5.99. The molecule has 0 saturated carbocycles. The molecule has 0 heterocycles. The van der Waals surface area contributed by atoms with Gasteiger partial charge in [0.25, 0.3) is 0 Å². The van der Waals surface area contributed by atoms with Gasteiger partial charge in [0.15, 0.2) is 0 Å². The Kier molecular flexibility index (Phi) is 9.12. The lowest BCUT2D eigenvalue weighted by Gasteiger charge is -2.09. The zero-order chi connectivity index (χ0) is 18.8. The van der Waals surface area contributed by atoms with Crippen LogP contribution in [-0.2, 0) is 6.42 Å². The molecule has 0 saturated heterocycles. The fourth-order valence-corrected chi connectivity index (χ4v) is 2.71. The summed E-state index contributed by atoms with van der Waals surface area (Å²) in [5.74, 6) is 1.17. The van der Waals surface area contributed by atoms with E-state index in [-0.39, 0.29) is 0 Å². The van der Waals surface area contributed by atoms with Gasteiger partial charge < -0.3 is 9.84 Å². The number of hydrogen-bond donors (Lipinski definition) is 1. The van der Waals surface area contributed by atoms with Crippen LogP contribution in [0.1, 0.15) is 64.5 Å². The van der Waals surface area contributed by atoms with Crippen LogP contribution in [-0.4, -0.2) is 12.2 Å². The normalized spacial score (nSPS) is 12.2. The first-order valence-electron chi connectivity index (χ1n) is 9.14. The van der Waals surface area contributed by atoms with Crippen molar-refractivity contribution in [2.45, 2.75) is 66.7 Å². The second-order valence-corrected chi connectivity index (χ2v) is 7.12. The molecule has 0 spiro atoms. The van der Waals surface area contributed by atoms with Crippen molar-refractivity contribution in [2.75, 3.05) is 7.11 Å². The number of methoxy groups -OCH3 is 1. The largest absolute Gasteiger partial charge is 0.507 e. The Hall–Kier alpha value is -1.96. The van der Waals surface area contributed by atoms with Gasteiger partial charge in [0.05, 0.1) is 7.11 Å². The molecule has 1 rings (SSSR count). The Balaban J connectivity index is 2.54. The number of aromatic hydroxyl groups is 1. The summed E-state index contributed by atoms with van der Waals surface area (Å²) in [6, 6.07) is 3.78. The zero-order valence-electron chi connectivity index (χ0n) is 16.8. The van der Waals surface area contributed by atoms with E-state index in [2.05, 4.69) is 45.9 Å². The van der Waals surface area contributed by atoms with E-state index < -0.39 is 0 Å². The highest BCUT2D eigenvalue weighted by Gasteiger charge is 2.06. The Morgan fingerprint density at radius 2 is 1.56 bits per heavy atom. The van der Waals surface area contributed by atoms with Gasteiger partial charge >= 0.3 is 0 Å². The van der Waals surface area contributed by atoms with E-state index in [1.54, 1.807) is 7.11 Å². The summed E-state index contributed by atoms with van der Waals surface area (Å²) in [7, 11) is 1.66. The van der Waals surface area contributed by atoms with Crippen LogP contribution >= 0.6 is 0 Å². The second kappa shape index (κ2) is 10.8. The van der Waals surface area contributed by atoms with Gasteiger partial charge in [-0.25, -0.2) is 0 Å². The number of aryl methyl sites for hydroxylation is 1. The first kappa shape index (κ1) is 21.1. The van der Waals surface area contributed by atoms with Crippen LogP contribution in [0.4, 0.5) is 0 Å². The minimum Gasteiger partial charge on any atom is -0.507 e. The predicted molar refractivity (Wildman–Crippen MR) is 109 cm³/mol. The van der Waals surface area contributed by atoms with Crippen LogP contribution in [0.2, 0.25) is 0 Å². The van der Waals surface area contributed by atoms with E-state index in [9.17, 15) is 5.11 Å². The molecule has 0 bridgehead atoms. The standard InChI is InChI=1S/C23H34O2/c1-17(2)9-7-10-18(3)11-8-12-19(4)13-14-21-16-22(25-6)15-20(5)23(21)24/h9,11,13,15-16,24H,7-8,10,12,14H2,1-6H3/b18-11+,19-13+. The molecule has 0 aromatic heterocycles. The Morgan fingerprint density at radius 3 is 2.16 bits per heavy atom. The molecule has 1 aromatic carbocycles. The van der Waals surface area contributed by atoms with E-state index in [4.69, 9.17) is 4.74 Å². The van der Waals surface area contributed by atoms with Gasteiger partial charge in [0.2, 0.25) is 0 Å². The number of phenolic OH excluding ortho intramolecular Hbond substituents is 1. The lowest BCUT2D eigenvalue weighted by Crippen LogP contribution is -1.91. The summed E-state index contributed by atoms with van der Waals surface area (Å²) in [5, 5.41) is 10.2. The van der Waals surface area contributed by atoms with Gasteiger partial charge in [0.1, 0.15) is 11.5 Å². The van der Waals surface area contributed by atoms with Gasteiger partial charge in [-0.1, -0.05) is 34.9 Å². The average Bonchev–Trinajstić information content (AvgIpc) is 2.55. The Bertz CT molecular complexity index is 644. The first-order chi connectivity index (χ1) is 11.8. The molecule has 0 atom stereocenters. The number of benzene rings is 1. The van der Waals surface area contributed by atoms with Crippen LogP contribution in [0, 0.1) is 6.92 Å². The number of phenols is 1. The Labute approximate surface area is 153 Å². The molecule has 25 heavy (non-hydrogen) atoms. The third-order valence-corrected chi connectivity index (χ3v) is 4.38. The average molecular weight is 343 g/mol. The van der Waals surface area contributed by atoms with Crippen molar-refractivity contribution in [2.24, 2.45) is 0 Å². The predicted octanol–water partition coefficient (Wildman–Crippen LogP) is 6.67. The van der Waals surface area contributed by atoms with Gasteiger partial charge in [-0.3, -0.25) is 0 Å². The molecular formula is C23H34O2. The molecule has 0 aliphatic carbocycles. The van der Waals surface area contributed by atoms with Crippen molar-refractivity contribution in [3.63, 3.8) is 0 Å². The van der Waals surface area contributed by atoms with Gasteiger partial charge in [0, 0.05) is 5.56 Å². The third kappa shape index (κ3) is 8.11. The lowest BCUT2D eigenvalue weighted by molar-refractivity contribution is 0.410. The minimum atomic E-state index is 0.375. The highest BCUT2D eigenvalue weighted by atomic mass is 16.5. The fraction of sp³-hybridized carbons (Fsp3) is 0.478. The van der Waals surface area contributed by atoms with Crippen molar-refractivity contribution in [3.8, 4) is 11.5 Å². The van der Waals surface area contributed by atoms with Crippen molar-refractivity contribution in [1.82, 2.24) is 0 Å². The van der Waals surface area contributed by atoms with E-state index in [1.807, 2.05) is 19.1 Å². The molecule has 0 aliphatic rings. The summed E-state index contributed by atoms with van der Waals surface area (Å²) >= 11 is 0. The molecule has 2 heteroatoms. The van der Waals surface area contributed by atoms with Gasteiger partial charge in [-0.2, -0.15) is 0 Å². The SMILES string of the molecule is COc1cc(C)c(O)c(C/C=C(\C)CC/C=C(\C)CCC=C(C)C)c1. The summed E-state index contributed by atoms with van der Waals surface area (Å²) < 4.78 is 5.29. The summed E-state index contributed by atoms with van der Waals surface area (Å²) in [4.78, 5) is 0. The van der Waals surface area contributed by atoms with Crippen LogP contribution in [0.25, 0.3) is 0 Å². The first-order valence-corrected chi connectivity index (χ1v) is 9.14. The minimum absolute atomic E-state index is 0.375. The molecule has 0 unspecified atom stereocenters. The molecule has 0 amide bonds. The quantitative estimate of drug-likeness (QED) is 0.508. The molecule has 0 radical (unpaired) electrons. The molecule has 0 aliphatic heterocycles. The van der Waals surface area contributed by atoms with Crippen LogP contribution < -0.4 is 4.74 Å². The number of ether oxygens (including phenoxy) is 1. The number of allylic oxidation sites excluding steroid dienone is 6. The highest BCUT2D eigenvalue weighted by Crippen LogP contribution is 2.28. The van der Waals surface area contributed by atoms with Gasteiger partial charge in [-0.05, 0) is 84.4 Å². The smallest absolute Gasteiger partial charge is 0.122 e. The number of rotatable bonds is 9. The monoisotopic (exact) mass is 342 g/mol. The maximum absolute atomic E-state index is 10.2. The third-order valence-electron chi connectivity index (χ3n) is 4.38. The van der Waals surface area contributed by atoms with E-state index >= 15 is 0 Å². The van der Waals surface area contributed by atoms with Crippen LogP contribution in [0.5, 0.6) is 11.5 Å². The van der Waals surface area contributed by atoms with E-state index in [0.29, 0.717) is 5.75 Å². The summed E-state index contributed by atoms with van der Waals surface area (Å²) in [6.45, 7) is 10.6. The van der Waals surface area contributed by atoms with E-state index in [0.717, 1.165) is 49.0 Å². The Morgan fingerprint density at radius 1 is 0.960 bits per heavy atom.